The van der Waals surface area contributed by atoms with Gasteiger partial charge in [-0.3, -0.25) is 0 Å². The number of rotatable bonds is 5. The minimum atomic E-state index is 0.839. The molecule has 0 bridgehead atoms. The molecular formula is C16H31N. The fraction of sp³-hybridized carbons (Fsp3) is 1.00. The highest BCUT2D eigenvalue weighted by molar-refractivity contribution is 4.79. The molecule has 2 aliphatic rings. The molecule has 1 N–H and O–H groups in total. The van der Waals surface area contributed by atoms with E-state index in [1.807, 2.05) is 0 Å². The van der Waals surface area contributed by atoms with Crippen LogP contribution in [0.5, 0.6) is 0 Å². The highest BCUT2D eigenvalue weighted by Crippen LogP contribution is 2.30. The van der Waals surface area contributed by atoms with Gasteiger partial charge in [0.05, 0.1) is 0 Å². The fourth-order valence-corrected chi connectivity index (χ4v) is 3.78. The van der Waals surface area contributed by atoms with Crippen molar-refractivity contribution < 1.29 is 0 Å². The second kappa shape index (κ2) is 6.78. The summed E-state index contributed by atoms with van der Waals surface area (Å²) in [6.07, 6.45) is 13.2. The molecule has 0 saturated heterocycles. The monoisotopic (exact) mass is 237 g/mol. The van der Waals surface area contributed by atoms with Crippen molar-refractivity contribution in [2.75, 3.05) is 6.54 Å². The second-order valence-electron chi connectivity index (χ2n) is 6.75. The Morgan fingerprint density at radius 2 is 1.59 bits per heavy atom. The zero-order valence-corrected chi connectivity index (χ0v) is 11.9. The van der Waals surface area contributed by atoms with Crippen LogP contribution >= 0.6 is 0 Å². The molecule has 0 atom stereocenters. The molecule has 0 amide bonds. The van der Waals surface area contributed by atoms with Crippen LogP contribution in [0.15, 0.2) is 0 Å². The quantitative estimate of drug-likeness (QED) is 0.748. The average Bonchev–Trinajstić information content (AvgIpc) is 2.83. The Bertz CT molecular complexity index is 198. The summed E-state index contributed by atoms with van der Waals surface area (Å²) in [7, 11) is 0. The molecule has 2 fully saturated rings. The summed E-state index contributed by atoms with van der Waals surface area (Å²) in [4.78, 5) is 0. The molecule has 0 radical (unpaired) electrons. The minimum absolute atomic E-state index is 0.839. The molecule has 2 rings (SSSR count). The van der Waals surface area contributed by atoms with Gasteiger partial charge in [0.15, 0.2) is 0 Å². The fourth-order valence-electron chi connectivity index (χ4n) is 3.78. The predicted molar refractivity (Wildman–Crippen MR) is 75.2 cm³/mol. The van der Waals surface area contributed by atoms with Crippen molar-refractivity contribution in [1.82, 2.24) is 5.32 Å². The van der Waals surface area contributed by atoms with Crippen LogP contribution < -0.4 is 5.32 Å². The molecule has 0 spiro atoms. The molecule has 0 heterocycles. The summed E-state index contributed by atoms with van der Waals surface area (Å²) in [6, 6.07) is 0.839. The van der Waals surface area contributed by atoms with Crippen molar-refractivity contribution in [1.29, 1.82) is 0 Å². The van der Waals surface area contributed by atoms with Gasteiger partial charge in [-0.15, -0.1) is 0 Å². The van der Waals surface area contributed by atoms with Gasteiger partial charge in [0.25, 0.3) is 0 Å². The maximum atomic E-state index is 3.81. The minimum Gasteiger partial charge on any atom is -0.314 e. The first-order chi connectivity index (χ1) is 8.25. The van der Waals surface area contributed by atoms with Crippen molar-refractivity contribution in [2.24, 2.45) is 17.8 Å². The molecule has 2 aliphatic carbocycles. The van der Waals surface area contributed by atoms with Gasteiger partial charge in [-0.1, -0.05) is 39.5 Å². The summed E-state index contributed by atoms with van der Waals surface area (Å²) < 4.78 is 0. The van der Waals surface area contributed by atoms with Crippen LogP contribution in [0.4, 0.5) is 0 Å². The Labute approximate surface area is 108 Å². The van der Waals surface area contributed by atoms with E-state index in [1.54, 1.807) is 0 Å². The molecule has 0 aromatic heterocycles. The average molecular weight is 237 g/mol. The number of hydrogen-bond donors (Lipinski definition) is 1. The highest BCUT2D eigenvalue weighted by atomic mass is 14.9. The van der Waals surface area contributed by atoms with Crippen molar-refractivity contribution in [3.05, 3.63) is 0 Å². The Hall–Kier alpha value is -0.0400. The van der Waals surface area contributed by atoms with Gasteiger partial charge >= 0.3 is 0 Å². The van der Waals surface area contributed by atoms with Gasteiger partial charge < -0.3 is 5.32 Å². The zero-order chi connectivity index (χ0) is 12.1. The molecule has 0 aromatic carbocycles. The van der Waals surface area contributed by atoms with Crippen LogP contribution in [0.1, 0.15) is 71.6 Å². The lowest BCUT2D eigenvalue weighted by Crippen LogP contribution is -2.35. The van der Waals surface area contributed by atoms with Gasteiger partial charge in [-0.05, 0) is 56.4 Å². The first-order valence-electron chi connectivity index (χ1n) is 7.99. The Balaban J connectivity index is 1.55. The smallest absolute Gasteiger partial charge is 0.00672 e. The lowest BCUT2D eigenvalue weighted by molar-refractivity contribution is 0.237. The molecule has 2 saturated carbocycles. The van der Waals surface area contributed by atoms with E-state index >= 15 is 0 Å². The predicted octanol–water partition coefficient (Wildman–Crippen LogP) is 4.37. The Kier molecular flexibility index (Phi) is 5.34. The van der Waals surface area contributed by atoms with Crippen LogP contribution in [0, 0.1) is 17.8 Å². The number of hydrogen-bond acceptors (Lipinski definition) is 1. The summed E-state index contributed by atoms with van der Waals surface area (Å²) in [5.41, 5.74) is 0. The maximum Gasteiger partial charge on any atom is 0.00672 e. The first-order valence-corrected chi connectivity index (χ1v) is 7.99. The van der Waals surface area contributed by atoms with E-state index in [-0.39, 0.29) is 0 Å². The molecule has 0 unspecified atom stereocenters. The van der Waals surface area contributed by atoms with Gasteiger partial charge in [-0.2, -0.15) is 0 Å². The lowest BCUT2D eigenvalue weighted by Gasteiger charge is -2.31. The van der Waals surface area contributed by atoms with E-state index < -0.39 is 0 Å². The normalized spacial score (nSPS) is 31.2. The van der Waals surface area contributed by atoms with Crippen LogP contribution in [0.3, 0.4) is 0 Å². The third kappa shape index (κ3) is 4.28. The molecule has 0 aromatic rings. The summed E-state index contributed by atoms with van der Waals surface area (Å²) in [5.74, 6) is 2.95. The number of nitrogens with one attached hydrogen (secondary N) is 1. The van der Waals surface area contributed by atoms with E-state index in [4.69, 9.17) is 0 Å². The van der Waals surface area contributed by atoms with E-state index in [0.717, 1.165) is 23.8 Å². The standard InChI is InChI=1S/C16H31N/c1-13(2)15-7-9-16(10-8-15)17-12-11-14-5-3-4-6-14/h13-17H,3-12H2,1-2H3. The summed E-state index contributed by atoms with van der Waals surface area (Å²) >= 11 is 0. The zero-order valence-electron chi connectivity index (χ0n) is 11.9. The Morgan fingerprint density at radius 3 is 2.18 bits per heavy atom. The van der Waals surface area contributed by atoms with Crippen LogP contribution in [-0.2, 0) is 0 Å². The van der Waals surface area contributed by atoms with Gasteiger partial charge in [-0.25, -0.2) is 0 Å². The second-order valence-corrected chi connectivity index (χ2v) is 6.75. The van der Waals surface area contributed by atoms with Crippen molar-refractivity contribution >= 4 is 0 Å². The molecule has 1 heteroatoms. The van der Waals surface area contributed by atoms with E-state index in [1.165, 1.54) is 64.3 Å². The van der Waals surface area contributed by atoms with Crippen molar-refractivity contribution in [3.8, 4) is 0 Å². The lowest BCUT2D eigenvalue weighted by atomic mass is 9.79. The third-order valence-electron chi connectivity index (χ3n) is 5.17. The van der Waals surface area contributed by atoms with E-state index in [2.05, 4.69) is 19.2 Å². The molecule has 0 aliphatic heterocycles. The topological polar surface area (TPSA) is 12.0 Å². The largest absolute Gasteiger partial charge is 0.314 e. The first kappa shape index (κ1) is 13.4. The highest BCUT2D eigenvalue weighted by Gasteiger charge is 2.23. The van der Waals surface area contributed by atoms with Crippen LogP contribution in [-0.4, -0.2) is 12.6 Å². The molecule has 100 valence electrons. The van der Waals surface area contributed by atoms with E-state index in [0.29, 0.717) is 0 Å². The molecule has 17 heavy (non-hydrogen) atoms. The Morgan fingerprint density at radius 1 is 0.941 bits per heavy atom. The van der Waals surface area contributed by atoms with Crippen LogP contribution in [0.25, 0.3) is 0 Å². The van der Waals surface area contributed by atoms with E-state index in [9.17, 15) is 0 Å². The SMILES string of the molecule is CC(C)C1CCC(NCCC2CCCC2)CC1. The van der Waals surface area contributed by atoms with Crippen molar-refractivity contribution in [2.45, 2.75) is 77.7 Å². The third-order valence-corrected chi connectivity index (χ3v) is 5.17. The molecular weight excluding hydrogens is 206 g/mol. The maximum absolute atomic E-state index is 3.81. The van der Waals surface area contributed by atoms with Gasteiger partial charge in [0.2, 0.25) is 0 Å². The van der Waals surface area contributed by atoms with Crippen LogP contribution in [0.2, 0.25) is 0 Å². The summed E-state index contributed by atoms with van der Waals surface area (Å²) in [5, 5.41) is 3.81. The molecule has 1 nitrogen and oxygen atoms in total. The van der Waals surface area contributed by atoms with Crippen molar-refractivity contribution in [3.63, 3.8) is 0 Å². The van der Waals surface area contributed by atoms with Gasteiger partial charge in [0.1, 0.15) is 0 Å². The van der Waals surface area contributed by atoms with Gasteiger partial charge in [0, 0.05) is 6.04 Å². The summed E-state index contributed by atoms with van der Waals surface area (Å²) in [6.45, 7) is 6.05.